The van der Waals surface area contributed by atoms with Gasteiger partial charge >= 0.3 is 0 Å². The van der Waals surface area contributed by atoms with Crippen molar-refractivity contribution in [3.05, 3.63) is 20.3 Å². The van der Waals surface area contributed by atoms with Gasteiger partial charge in [-0.2, -0.15) is 0 Å². The van der Waals surface area contributed by atoms with Crippen molar-refractivity contribution in [1.82, 2.24) is 5.32 Å². The first kappa shape index (κ1) is 14.7. The smallest absolute Gasteiger partial charge is 0.0704 e. The van der Waals surface area contributed by atoms with Crippen molar-refractivity contribution < 1.29 is 0 Å². The van der Waals surface area contributed by atoms with Gasteiger partial charge in [-0.3, -0.25) is 0 Å². The summed E-state index contributed by atoms with van der Waals surface area (Å²) in [7, 11) is 0. The lowest BCUT2D eigenvalue weighted by atomic mass is 9.68. The van der Waals surface area contributed by atoms with Gasteiger partial charge in [0.05, 0.1) is 3.79 Å². The van der Waals surface area contributed by atoms with Crippen LogP contribution in [0.2, 0.25) is 0 Å². The van der Waals surface area contributed by atoms with E-state index in [1.54, 1.807) is 10.4 Å². The molecule has 0 spiro atoms. The molecule has 3 aliphatic rings. The van der Waals surface area contributed by atoms with Gasteiger partial charge in [0.1, 0.15) is 0 Å². The van der Waals surface area contributed by atoms with Gasteiger partial charge in [0.25, 0.3) is 0 Å². The Hall–Kier alpha value is 0.140. The first-order valence-electron chi connectivity index (χ1n) is 8.44. The third-order valence-corrected chi connectivity index (χ3v) is 8.43. The molecule has 1 nitrogen and oxygen atoms in total. The Balaban J connectivity index is 1.62. The highest BCUT2D eigenvalue weighted by molar-refractivity contribution is 9.11. The maximum absolute atomic E-state index is 4.14. The first-order chi connectivity index (χ1) is 9.90. The second-order valence-electron chi connectivity index (χ2n) is 8.39. The number of nitrogens with one attached hydrogen (secondary N) is 1. The monoisotopic (exact) mass is 367 g/mol. The zero-order chi connectivity index (χ0) is 14.8. The molecule has 1 aromatic rings. The lowest BCUT2D eigenvalue weighted by Crippen LogP contribution is -2.51. The maximum atomic E-state index is 4.14. The predicted octanol–water partition coefficient (Wildman–Crippen LogP) is 5.69. The highest BCUT2D eigenvalue weighted by Crippen LogP contribution is 2.63. The fourth-order valence-electron chi connectivity index (χ4n) is 5.61. The van der Waals surface area contributed by atoms with Gasteiger partial charge in [0.2, 0.25) is 0 Å². The van der Waals surface area contributed by atoms with E-state index in [0.717, 1.165) is 5.92 Å². The van der Waals surface area contributed by atoms with Crippen molar-refractivity contribution in [3.8, 4) is 0 Å². The predicted molar refractivity (Wildman–Crippen MR) is 93.9 cm³/mol. The highest BCUT2D eigenvalue weighted by atomic mass is 79.9. The molecule has 0 amide bonds. The van der Waals surface area contributed by atoms with Crippen molar-refractivity contribution in [2.75, 3.05) is 0 Å². The molecule has 3 aliphatic carbocycles. The van der Waals surface area contributed by atoms with E-state index >= 15 is 0 Å². The molecular weight excluding hydrogens is 342 g/mol. The minimum Gasteiger partial charge on any atom is -0.306 e. The van der Waals surface area contributed by atoms with Gasteiger partial charge in [-0.05, 0) is 82.8 Å². The Labute approximate surface area is 141 Å². The number of fused-ring (bicyclic) bond motifs is 3. The van der Waals surface area contributed by atoms with Crippen LogP contribution >= 0.6 is 27.3 Å². The van der Waals surface area contributed by atoms with Crippen LogP contribution in [0.5, 0.6) is 0 Å². The standard InChI is InChI=1S/C18H26BrNS/c1-17(2)11-7-8-18(3,10-11)16(17)20-13-5-4-6-14-12(13)9-15(19)21-14/h9,11,13,16,20H,4-8,10H2,1-3H3. The topological polar surface area (TPSA) is 12.0 Å². The number of hydrogen-bond acceptors (Lipinski definition) is 2. The minimum atomic E-state index is 0.456. The van der Waals surface area contributed by atoms with Crippen LogP contribution in [-0.2, 0) is 6.42 Å². The summed E-state index contributed by atoms with van der Waals surface area (Å²) >= 11 is 5.63. The summed E-state index contributed by atoms with van der Waals surface area (Å²) in [6, 6.07) is 3.63. The summed E-state index contributed by atoms with van der Waals surface area (Å²) in [6.07, 6.45) is 8.23. The van der Waals surface area contributed by atoms with Crippen molar-refractivity contribution in [2.24, 2.45) is 16.7 Å². The van der Waals surface area contributed by atoms with E-state index in [9.17, 15) is 0 Å². The summed E-state index contributed by atoms with van der Waals surface area (Å²) in [5.41, 5.74) is 2.57. The van der Waals surface area contributed by atoms with Crippen LogP contribution < -0.4 is 5.32 Å². The van der Waals surface area contributed by atoms with Gasteiger partial charge < -0.3 is 5.32 Å². The highest BCUT2D eigenvalue weighted by Gasteiger charge is 2.59. The summed E-state index contributed by atoms with van der Waals surface area (Å²) in [4.78, 5) is 1.61. The van der Waals surface area contributed by atoms with Gasteiger partial charge in [0.15, 0.2) is 0 Å². The average Bonchev–Trinajstić information content (AvgIpc) is 3.02. The quantitative estimate of drug-likeness (QED) is 0.707. The van der Waals surface area contributed by atoms with Gasteiger partial charge in [-0.1, -0.05) is 20.8 Å². The van der Waals surface area contributed by atoms with Crippen LogP contribution in [0.25, 0.3) is 0 Å². The number of halogens is 1. The molecule has 2 fully saturated rings. The normalized spacial score (nSPS) is 40.5. The molecule has 2 bridgehead atoms. The molecule has 0 aliphatic heterocycles. The second kappa shape index (κ2) is 4.82. The molecule has 0 aromatic carbocycles. The minimum absolute atomic E-state index is 0.456. The van der Waals surface area contributed by atoms with Gasteiger partial charge in [-0.25, -0.2) is 0 Å². The summed E-state index contributed by atoms with van der Waals surface area (Å²) in [6.45, 7) is 7.55. The summed E-state index contributed by atoms with van der Waals surface area (Å²) in [5.74, 6) is 0.928. The molecule has 4 unspecified atom stereocenters. The Morgan fingerprint density at radius 2 is 2.10 bits per heavy atom. The van der Waals surface area contributed by atoms with Crippen LogP contribution in [0.3, 0.4) is 0 Å². The maximum Gasteiger partial charge on any atom is 0.0704 e. The second-order valence-corrected chi connectivity index (χ2v) is 10.9. The molecule has 2 saturated carbocycles. The Bertz CT molecular complexity index is 559. The van der Waals surface area contributed by atoms with Crippen LogP contribution in [-0.4, -0.2) is 6.04 Å². The molecule has 3 heteroatoms. The van der Waals surface area contributed by atoms with Crippen LogP contribution in [0.4, 0.5) is 0 Å². The lowest BCUT2D eigenvalue weighted by Gasteiger charge is -2.45. The SMILES string of the molecule is CC12CCC(C1)C(C)(C)C2NC1CCCc2sc(Br)cc21. The first-order valence-corrected chi connectivity index (χ1v) is 10.1. The zero-order valence-corrected chi connectivity index (χ0v) is 15.7. The lowest BCUT2D eigenvalue weighted by molar-refractivity contribution is 0.0958. The molecule has 4 atom stereocenters. The average molecular weight is 368 g/mol. The van der Waals surface area contributed by atoms with Crippen molar-refractivity contribution >= 4 is 27.3 Å². The van der Waals surface area contributed by atoms with Gasteiger partial charge in [0, 0.05) is 17.0 Å². The van der Waals surface area contributed by atoms with Crippen LogP contribution in [0, 0.1) is 16.7 Å². The van der Waals surface area contributed by atoms with Crippen LogP contribution in [0.15, 0.2) is 9.85 Å². The van der Waals surface area contributed by atoms with E-state index in [2.05, 4.69) is 48.1 Å². The van der Waals surface area contributed by atoms with Crippen LogP contribution in [0.1, 0.15) is 69.4 Å². The third-order valence-electron chi connectivity index (χ3n) is 6.72. The largest absolute Gasteiger partial charge is 0.306 e. The number of hydrogen-bond donors (Lipinski definition) is 1. The van der Waals surface area contributed by atoms with E-state index in [1.165, 1.54) is 42.3 Å². The fraction of sp³-hybridized carbons (Fsp3) is 0.778. The fourth-order valence-corrected chi connectivity index (χ4v) is 7.43. The molecule has 4 rings (SSSR count). The van der Waals surface area contributed by atoms with E-state index in [4.69, 9.17) is 0 Å². The molecule has 1 N–H and O–H groups in total. The zero-order valence-electron chi connectivity index (χ0n) is 13.3. The van der Waals surface area contributed by atoms with Crippen molar-refractivity contribution in [3.63, 3.8) is 0 Å². The number of aryl methyl sites for hydroxylation is 1. The Kier molecular flexibility index (Phi) is 3.37. The summed E-state index contributed by atoms with van der Waals surface area (Å²) < 4.78 is 1.31. The van der Waals surface area contributed by atoms with E-state index in [0.29, 0.717) is 22.9 Å². The molecule has 1 aromatic heterocycles. The molecule has 116 valence electrons. The molecule has 21 heavy (non-hydrogen) atoms. The van der Waals surface area contributed by atoms with Gasteiger partial charge in [-0.15, -0.1) is 11.3 Å². The van der Waals surface area contributed by atoms with Crippen molar-refractivity contribution in [1.29, 1.82) is 0 Å². The Morgan fingerprint density at radius 1 is 1.29 bits per heavy atom. The third kappa shape index (κ3) is 2.18. The van der Waals surface area contributed by atoms with E-state index < -0.39 is 0 Å². The number of rotatable bonds is 2. The van der Waals surface area contributed by atoms with E-state index in [-0.39, 0.29) is 0 Å². The van der Waals surface area contributed by atoms with E-state index in [1.807, 2.05) is 11.3 Å². The Morgan fingerprint density at radius 3 is 2.81 bits per heavy atom. The number of thiophene rings is 1. The molecule has 1 heterocycles. The van der Waals surface area contributed by atoms with Crippen molar-refractivity contribution in [2.45, 2.75) is 71.4 Å². The molecular formula is C18H26BrNS. The summed E-state index contributed by atoms with van der Waals surface area (Å²) in [5, 5.41) is 4.14. The molecule has 0 radical (unpaired) electrons. The molecule has 0 saturated heterocycles.